The molecule has 0 bridgehead atoms. The van der Waals surface area contributed by atoms with Crippen LogP contribution in [0.3, 0.4) is 0 Å². The molecule has 2 N–H and O–H groups in total. The molecule has 1 aromatic rings. The minimum Gasteiger partial charge on any atom is -0.423 e. The molecule has 0 saturated carbocycles. The lowest BCUT2D eigenvalue weighted by atomic mass is 9.80. The average molecular weight is 236 g/mol. The zero-order valence-electron chi connectivity index (χ0n) is 8.54. The first-order valence-corrected chi connectivity index (χ1v) is 5.95. The molecule has 1 aromatic carbocycles. The van der Waals surface area contributed by atoms with Crippen LogP contribution >= 0.6 is 11.4 Å². The average Bonchev–Trinajstić information content (AvgIpc) is 2.81. The lowest BCUT2D eigenvalue weighted by Gasteiger charge is -2.12. The first-order chi connectivity index (χ1) is 7.68. The van der Waals surface area contributed by atoms with Gasteiger partial charge in [-0.2, -0.15) is 11.4 Å². The molecule has 16 heavy (non-hydrogen) atoms. The highest BCUT2D eigenvalue weighted by Gasteiger charge is 2.17. The van der Waals surface area contributed by atoms with Crippen LogP contribution in [0.15, 0.2) is 24.3 Å². The molecule has 0 aliphatic carbocycles. The van der Waals surface area contributed by atoms with Gasteiger partial charge >= 0.3 is 7.12 Å². The van der Waals surface area contributed by atoms with E-state index in [1.165, 1.54) is 0 Å². The molecular weight excluding hydrogens is 225 g/mol. The Morgan fingerprint density at radius 2 is 2.00 bits per heavy atom. The second kappa shape index (κ2) is 4.73. The summed E-state index contributed by atoms with van der Waals surface area (Å²) in [5.74, 6) is 0.878. The predicted octanol–water partition coefficient (Wildman–Crippen LogP) is -0.685. The quantitative estimate of drug-likeness (QED) is 0.528. The summed E-state index contributed by atoms with van der Waals surface area (Å²) >= 11 is 1.61. The molecule has 0 spiro atoms. The number of carbonyl (C=O) groups is 1. The molecule has 1 aliphatic rings. The van der Waals surface area contributed by atoms with Gasteiger partial charge in [0.25, 0.3) is 5.91 Å². The highest BCUT2D eigenvalue weighted by molar-refractivity contribution is 7.97. The predicted molar refractivity (Wildman–Crippen MR) is 65.8 cm³/mol. The fourth-order valence-electron chi connectivity index (χ4n) is 1.46. The third-order valence-electron chi connectivity index (χ3n) is 2.37. The van der Waals surface area contributed by atoms with E-state index in [0.717, 1.165) is 12.3 Å². The molecule has 83 valence electrons. The fourth-order valence-corrected chi connectivity index (χ4v) is 2.25. The minimum atomic E-state index is -1.49. The van der Waals surface area contributed by atoms with Gasteiger partial charge in [0.05, 0.1) is 5.49 Å². The number of nitrogens with zero attached hydrogens (tertiary/aromatic N) is 1. The Kier molecular flexibility index (Phi) is 3.33. The van der Waals surface area contributed by atoms with E-state index in [0.29, 0.717) is 11.0 Å². The Morgan fingerprint density at radius 1 is 1.31 bits per heavy atom. The third-order valence-corrected chi connectivity index (χ3v) is 3.19. The molecular formula is C10H11BNO3S. The van der Waals surface area contributed by atoms with Crippen molar-refractivity contribution in [2.24, 2.45) is 0 Å². The topological polar surface area (TPSA) is 60.8 Å². The minimum absolute atomic E-state index is 0.0519. The molecule has 4 nitrogen and oxygen atoms in total. The smallest absolute Gasteiger partial charge is 0.423 e. The molecule has 1 heterocycles. The standard InChI is InChI=1S/C10H11BNO3S/c13-10(12-5-6-16-7-12)8-1-3-9(4-2-8)11(14)15/h1-4,7,14-15H,5-6H2. The van der Waals surface area contributed by atoms with Crippen LogP contribution in [0.4, 0.5) is 0 Å². The summed E-state index contributed by atoms with van der Waals surface area (Å²) in [7, 11) is -1.49. The van der Waals surface area contributed by atoms with E-state index in [-0.39, 0.29) is 5.91 Å². The summed E-state index contributed by atoms with van der Waals surface area (Å²) in [6.07, 6.45) is 0. The van der Waals surface area contributed by atoms with Gasteiger partial charge in [-0.05, 0) is 17.6 Å². The van der Waals surface area contributed by atoms with E-state index < -0.39 is 7.12 Å². The zero-order valence-corrected chi connectivity index (χ0v) is 9.35. The van der Waals surface area contributed by atoms with Crippen molar-refractivity contribution in [1.82, 2.24) is 4.90 Å². The second-order valence-corrected chi connectivity index (χ2v) is 4.42. The lowest BCUT2D eigenvalue weighted by molar-refractivity contribution is 0.0862. The fraction of sp³-hybridized carbons (Fsp3) is 0.200. The SMILES string of the molecule is O=C(c1ccc(B(O)O)cc1)N1C=[S]CC1. The molecule has 1 radical (unpaired) electrons. The summed E-state index contributed by atoms with van der Waals surface area (Å²) in [6, 6.07) is 6.30. The molecule has 1 amide bonds. The number of amides is 1. The first-order valence-electron chi connectivity index (χ1n) is 4.90. The Bertz CT molecular complexity index is 419. The van der Waals surface area contributed by atoms with E-state index in [1.807, 2.05) is 5.49 Å². The van der Waals surface area contributed by atoms with E-state index in [9.17, 15) is 4.79 Å². The van der Waals surface area contributed by atoms with E-state index in [2.05, 4.69) is 0 Å². The number of hydrogen-bond donors (Lipinski definition) is 2. The summed E-state index contributed by atoms with van der Waals surface area (Å²) in [5, 5.41) is 17.8. The molecule has 0 unspecified atom stereocenters. The second-order valence-electron chi connectivity index (χ2n) is 3.47. The van der Waals surface area contributed by atoms with Gasteiger partial charge in [0.15, 0.2) is 0 Å². The van der Waals surface area contributed by atoms with Gasteiger partial charge in [0.1, 0.15) is 0 Å². The van der Waals surface area contributed by atoms with Gasteiger partial charge in [-0.15, -0.1) is 0 Å². The van der Waals surface area contributed by atoms with Crippen LogP contribution in [-0.2, 0) is 0 Å². The van der Waals surface area contributed by atoms with Gasteiger partial charge in [-0.25, -0.2) is 0 Å². The Balaban J connectivity index is 2.15. The van der Waals surface area contributed by atoms with Crippen molar-refractivity contribution in [3.05, 3.63) is 29.8 Å². The molecule has 2 rings (SSSR count). The van der Waals surface area contributed by atoms with Crippen molar-refractivity contribution in [3.8, 4) is 0 Å². The van der Waals surface area contributed by atoms with Crippen molar-refractivity contribution < 1.29 is 14.8 Å². The first kappa shape index (κ1) is 11.3. The van der Waals surface area contributed by atoms with Gasteiger partial charge in [-0.1, -0.05) is 12.1 Å². The maximum absolute atomic E-state index is 11.9. The Hall–Kier alpha value is -1.24. The molecule has 0 atom stereocenters. The van der Waals surface area contributed by atoms with Crippen molar-refractivity contribution in [1.29, 1.82) is 0 Å². The van der Waals surface area contributed by atoms with Gasteiger partial charge in [0, 0.05) is 17.9 Å². The van der Waals surface area contributed by atoms with E-state index >= 15 is 0 Å². The van der Waals surface area contributed by atoms with Crippen molar-refractivity contribution in [2.75, 3.05) is 12.3 Å². The number of carbonyl (C=O) groups excluding carboxylic acids is 1. The van der Waals surface area contributed by atoms with Crippen LogP contribution in [0, 0.1) is 0 Å². The van der Waals surface area contributed by atoms with Crippen LogP contribution in [-0.4, -0.2) is 45.8 Å². The van der Waals surface area contributed by atoms with Crippen LogP contribution in [0.2, 0.25) is 0 Å². The molecule has 0 fully saturated rings. The van der Waals surface area contributed by atoms with Crippen LogP contribution in [0.25, 0.3) is 0 Å². The normalized spacial score (nSPS) is 14.2. The Labute approximate surface area is 97.6 Å². The van der Waals surface area contributed by atoms with Crippen molar-refractivity contribution in [3.63, 3.8) is 0 Å². The van der Waals surface area contributed by atoms with E-state index in [1.54, 1.807) is 40.5 Å². The van der Waals surface area contributed by atoms with Crippen molar-refractivity contribution >= 4 is 35.3 Å². The van der Waals surface area contributed by atoms with Crippen molar-refractivity contribution in [2.45, 2.75) is 0 Å². The molecule has 0 saturated heterocycles. The summed E-state index contributed by atoms with van der Waals surface area (Å²) in [6.45, 7) is 0.730. The summed E-state index contributed by atoms with van der Waals surface area (Å²) in [5.41, 5.74) is 2.76. The maximum atomic E-state index is 11.9. The third kappa shape index (κ3) is 2.29. The van der Waals surface area contributed by atoms with Gasteiger partial charge in [0.2, 0.25) is 0 Å². The number of hydrogen-bond acceptors (Lipinski definition) is 3. The number of benzene rings is 1. The highest BCUT2D eigenvalue weighted by atomic mass is 32.1. The Morgan fingerprint density at radius 3 is 2.50 bits per heavy atom. The van der Waals surface area contributed by atoms with Crippen LogP contribution in [0.5, 0.6) is 0 Å². The molecule has 0 aromatic heterocycles. The largest absolute Gasteiger partial charge is 0.488 e. The van der Waals surface area contributed by atoms with Crippen LogP contribution < -0.4 is 5.46 Å². The summed E-state index contributed by atoms with van der Waals surface area (Å²) in [4.78, 5) is 13.5. The monoisotopic (exact) mass is 236 g/mol. The maximum Gasteiger partial charge on any atom is 0.488 e. The van der Waals surface area contributed by atoms with Crippen LogP contribution in [0.1, 0.15) is 10.4 Å². The van der Waals surface area contributed by atoms with Gasteiger partial charge < -0.3 is 14.9 Å². The van der Waals surface area contributed by atoms with E-state index in [4.69, 9.17) is 10.0 Å². The summed E-state index contributed by atoms with van der Waals surface area (Å²) < 4.78 is 0. The molecule has 1 aliphatic heterocycles. The van der Waals surface area contributed by atoms with Gasteiger partial charge in [-0.3, -0.25) is 4.79 Å². The molecule has 6 heteroatoms. The zero-order chi connectivity index (χ0) is 11.5. The highest BCUT2D eigenvalue weighted by Crippen LogP contribution is 2.07. The lowest BCUT2D eigenvalue weighted by Crippen LogP contribution is -2.31. The number of rotatable bonds is 2.